The Balaban J connectivity index is 2.09. The zero-order valence-corrected chi connectivity index (χ0v) is 13.1. The van der Waals surface area contributed by atoms with Gasteiger partial charge in [0.05, 0.1) is 24.8 Å². The van der Waals surface area contributed by atoms with Crippen LogP contribution in [-0.2, 0) is 6.54 Å². The van der Waals surface area contributed by atoms with E-state index in [1.165, 1.54) is 0 Å². The maximum absolute atomic E-state index is 12.2. The van der Waals surface area contributed by atoms with Crippen LogP contribution in [0.3, 0.4) is 0 Å². The Labute approximate surface area is 134 Å². The summed E-state index contributed by atoms with van der Waals surface area (Å²) >= 11 is 6.01. The van der Waals surface area contributed by atoms with Crippen LogP contribution in [0.2, 0.25) is 5.02 Å². The number of carbonyl (C=O) groups excluding carboxylic acids is 1. The van der Waals surface area contributed by atoms with E-state index in [1.54, 1.807) is 44.6 Å². The van der Waals surface area contributed by atoms with Crippen LogP contribution < -0.4 is 20.5 Å². The molecule has 0 saturated carbocycles. The summed E-state index contributed by atoms with van der Waals surface area (Å²) < 4.78 is 10.4. The van der Waals surface area contributed by atoms with Crippen molar-refractivity contribution in [2.24, 2.45) is 0 Å². The molecule has 0 aromatic heterocycles. The molecule has 6 heteroatoms. The number of rotatable bonds is 5. The Hall–Kier alpha value is -2.40. The van der Waals surface area contributed by atoms with Gasteiger partial charge in [-0.15, -0.1) is 0 Å². The van der Waals surface area contributed by atoms with Crippen LogP contribution in [0, 0.1) is 0 Å². The standard InChI is InChI=1S/C16H17ClN2O3/c1-21-14-6-3-10(7-15(14)22-2)9-19-16(20)12-8-11(18)4-5-13(12)17/h3-8H,9,18H2,1-2H3,(H,19,20). The minimum atomic E-state index is -0.285. The fourth-order valence-electron chi connectivity index (χ4n) is 1.99. The van der Waals surface area contributed by atoms with Crippen molar-refractivity contribution in [1.82, 2.24) is 5.32 Å². The van der Waals surface area contributed by atoms with E-state index in [1.807, 2.05) is 6.07 Å². The lowest BCUT2D eigenvalue weighted by Crippen LogP contribution is -2.23. The number of amides is 1. The second-order valence-electron chi connectivity index (χ2n) is 4.61. The molecule has 3 N–H and O–H groups in total. The molecular weight excluding hydrogens is 304 g/mol. The molecular formula is C16H17ClN2O3. The molecule has 0 saturated heterocycles. The molecule has 22 heavy (non-hydrogen) atoms. The van der Waals surface area contributed by atoms with Crippen molar-refractivity contribution in [1.29, 1.82) is 0 Å². The number of benzene rings is 2. The fourth-order valence-corrected chi connectivity index (χ4v) is 2.19. The van der Waals surface area contributed by atoms with Crippen molar-refractivity contribution >= 4 is 23.2 Å². The van der Waals surface area contributed by atoms with E-state index in [9.17, 15) is 4.79 Å². The number of halogens is 1. The molecule has 0 aliphatic rings. The first-order valence-corrected chi connectivity index (χ1v) is 6.97. The van der Waals surface area contributed by atoms with Gasteiger partial charge in [-0.1, -0.05) is 17.7 Å². The number of carbonyl (C=O) groups is 1. The Morgan fingerprint density at radius 1 is 1.14 bits per heavy atom. The van der Waals surface area contributed by atoms with Crippen LogP contribution in [0.15, 0.2) is 36.4 Å². The second-order valence-corrected chi connectivity index (χ2v) is 5.02. The molecule has 0 heterocycles. The molecule has 2 rings (SSSR count). The monoisotopic (exact) mass is 320 g/mol. The van der Waals surface area contributed by atoms with Crippen LogP contribution in [0.4, 0.5) is 5.69 Å². The maximum Gasteiger partial charge on any atom is 0.253 e. The van der Waals surface area contributed by atoms with Gasteiger partial charge in [0.2, 0.25) is 0 Å². The molecule has 0 radical (unpaired) electrons. The molecule has 1 amide bonds. The number of anilines is 1. The predicted molar refractivity (Wildman–Crippen MR) is 86.6 cm³/mol. The van der Waals surface area contributed by atoms with E-state index in [-0.39, 0.29) is 5.91 Å². The van der Waals surface area contributed by atoms with Gasteiger partial charge in [-0.3, -0.25) is 4.79 Å². The molecule has 0 spiro atoms. The lowest BCUT2D eigenvalue weighted by atomic mass is 10.1. The summed E-state index contributed by atoms with van der Waals surface area (Å²) in [5.74, 6) is 0.958. The average Bonchev–Trinajstić information content (AvgIpc) is 2.54. The Morgan fingerprint density at radius 2 is 1.86 bits per heavy atom. The molecule has 0 aliphatic heterocycles. The quantitative estimate of drug-likeness (QED) is 0.831. The highest BCUT2D eigenvalue weighted by atomic mass is 35.5. The molecule has 2 aromatic carbocycles. The van der Waals surface area contributed by atoms with Crippen molar-refractivity contribution < 1.29 is 14.3 Å². The van der Waals surface area contributed by atoms with Crippen molar-refractivity contribution in [3.8, 4) is 11.5 Å². The normalized spacial score (nSPS) is 10.1. The molecule has 5 nitrogen and oxygen atoms in total. The van der Waals surface area contributed by atoms with Gasteiger partial charge in [0, 0.05) is 12.2 Å². The van der Waals surface area contributed by atoms with Gasteiger partial charge in [-0.2, -0.15) is 0 Å². The van der Waals surface area contributed by atoms with E-state index in [4.69, 9.17) is 26.8 Å². The smallest absolute Gasteiger partial charge is 0.253 e. The number of hydrogen-bond acceptors (Lipinski definition) is 4. The number of methoxy groups -OCH3 is 2. The van der Waals surface area contributed by atoms with Gasteiger partial charge in [0.25, 0.3) is 5.91 Å². The molecule has 0 fully saturated rings. The summed E-state index contributed by atoms with van der Waals surface area (Å²) in [5.41, 5.74) is 7.39. The van der Waals surface area contributed by atoms with Gasteiger partial charge in [0.1, 0.15) is 0 Å². The molecule has 0 atom stereocenters. The molecule has 2 aromatic rings. The summed E-state index contributed by atoms with van der Waals surface area (Å²) in [7, 11) is 3.13. The van der Waals surface area contributed by atoms with Crippen LogP contribution in [-0.4, -0.2) is 20.1 Å². The summed E-state index contributed by atoms with van der Waals surface area (Å²) in [4.78, 5) is 12.2. The topological polar surface area (TPSA) is 73.6 Å². The number of hydrogen-bond donors (Lipinski definition) is 2. The average molecular weight is 321 g/mol. The van der Waals surface area contributed by atoms with Gasteiger partial charge in [-0.05, 0) is 35.9 Å². The zero-order valence-electron chi connectivity index (χ0n) is 12.4. The first-order valence-electron chi connectivity index (χ1n) is 6.59. The molecule has 0 bridgehead atoms. The van der Waals surface area contributed by atoms with Crippen molar-refractivity contribution in [3.05, 3.63) is 52.5 Å². The molecule has 0 unspecified atom stereocenters. The van der Waals surface area contributed by atoms with Crippen molar-refractivity contribution in [2.75, 3.05) is 20.0 Å². The summed E-state index contributed by atoms with van der Waals surface area (Å²) in [6.45, 7) is 0.338. The van der Waals surface area contributed by atoms with Gasteiger partial charge in [-0.25, -0.2) is 0 Å². The largest absolute Gasteiger partial charge is 0.493 e. The van der Waals surface area contributed by atoms with Crippen molar-refractivity contribution in [2.45, 2.75) is 6.54 Å². The van der Waals surface area contributed by atoms with Gasteiger partial charge >= 0.3 is 0 Å². The van der Waals surface area contributed by atoms with Crippen LogP contribution in [0.1, 0.15) is 15.9 Å². The summed E-state index contributed by atoms with van der Waals surface area (Å²) in [5, 5.41) is 3.16. The third kappa shape index (κ3) is 3.62. The number of nitrogens with one attached hydrogen (secondary N) is 1. The van der Waals surface area contributed by atoms with Crippen LogP contribution >= 0.6 is 11.6 Å². The highest BCUT2D eigenvalue weighted by Gasteiger charge is 2.11. The molecule has 116 valence electrons. The second kappa shape index (κ2) is 7.04. The predicted octanol–water partition coefficient (Wildman–Crippen LogP) is 2.87. The van der Waals surface area contributed by atoms with Gasteiger partial charge < -0.3 is 20.5 Å². The minimum absolute atomic E-state index is 0.285. The molecule has 0 aliphatic carbocycles. The number of ether oxygens (including phenoxy) is 2. The third-order valence-electron chi connectivity index (χ3n) is 3.14. The van der Waals surface area contributed by atoms with Crippen LogP contribution in [0.5, 0.6) is 11.5 Å². The summed E-state index contributed by atoms with van der Waals surface area (Å²) in [6.07, 6.45) is 0. The lowest BCUT2D eigenvalue weighted by Gasteiger charge is -2.11. The third-order valence-corrected chi connectivity index (χ3v) is 3.47. The first kappa shape index (κ1) is 16.0. The van der Waals surface area contributed by atoms with E-state index in [2.05, 4.69) is 5.32 Å². The zero-order chi connectivity index (χ0) is 16.1. The first-order chi connectivity index (χ1) is 10.5. The lowest BCUT2D eigenvalue weighted by molar-refractivity contribution is 0.0951. The van der Waals surface area contributed by atoms with E-state index in [0.29, 0.717) is 34.3 Å². The minimum Gasteiger partial charge on any atom is -0.493 e. The van der Waals surface area contributed by atoms with E-state index >= 15 is 0 Å². The summed E-state index contributed by atoms with van der Waals surface area (Å²) in [6, 6.07) is 10.2. The van der Waals surface area contributed by atoms with Crippen LogP contribution in [0.25, 0.3) is 0 Å². The van der Waals surface area contributed by atoms with Crippen molar-refractivity contribution in [3.63, 3.8) is 0 Å². The number of nitrogen functional groups attached to an aromatic ring is 1. The Kier molecular flexibility index (Phi) is 5.12. The highest BCUT2D eigenvalue weighted by Crippen LogP contribution is 2.27. The van der Waals surface area contributed by atoms with Gasteiger partial charge in [0.15, 0.2) is 11.5 Å². The number of nitrogens with two attached hydrogens (primary N) is 1. The Bertz CT molecular complexity index is 689. The highest BCUT2D eigenvalue weighted by molar-refractivity contribution is 6.34. The SMILES string of the molecule is COc1ccc(CNC(=O)c2cc(N)ccc2Cl)cc1OC. The van der Waals surface area contributed by atoms with E-state index in [0.717, 1.165) is 5.56 Å². The maximum atomic E-state index is 12.2. The Morgan fingerprint density at radius 3 is 2.55 bits per heavy atom. The fraction of sp³-hybridized carbons (Fsp3) is 0.188. The van der Waals surface area contributed by atoms with E-state index < -0.39 is 0 Å².